The lowest BCUT2D eigenvalue weighted by Crippen LogP contribution is -2.30. The van der Waals surface area contributed by atoms with Crippen molar-refractivity contribution >= 4 is 17.9 Å². The number of esters is 3. The lowest BCUT2D eigenvalue weighted by atomic mass is 10.1. The molecule has 0 spiro atoms. The van der Waals surface area contributed by atoms with E-state index in [-0.39, 0.29) is 37.5 Å². The summed E-state index contributed by atoms with van der Waals surface area (Å²) in [6.45, 7) is 6.34. The minimum Gasteiger partial charge on any atom is -0.462 e. The van der Waals surface area contributed by atoms with Gasteiger partial charge in [0.2, 0.25) is 0 Å². The van der Waals surface area contributed by atoms with Gasteiger partial charge in [0.25, 0.3) is 0 Å². The van der Waals surface area contributed by atoms with Crippen LogP contribution in [0.1, 0.15) is 213 Å². The van der Waals surface area contributed by atoms with Crippen LogP contribution >= 0.6 is 0 Å². The zero-order valence-electron chi connectivity index (χ0n) is 40.5. The monoisotopic (exact) mass is 873 g/mol. The summed E-state index contributed by atoms with van der Waals surface area (Å²) in [6.07, 6.45) is 67.9. The molecular formula is C57H92O6. The maximum atomic E-state index is 12.8. The Kier molecular flexibility index (Phi) is 47.5. The average molecular weight is 873 g/mol. The second-order valence-corrected chi connectivity index (χ2v) is 16.5. The zero-order valence-corrected chi connectivity index (χ0v) is 40.5. The first-order valence-electron chi connectivity index (χ1n) is 25.5. The molecule has 0 aromatic rings. The number of unbranched alkanes of at least 4 members (excludes halogenated alkanes) is 19. The van der Waals surface area contributed by atoms with Gasteiger partial charge in [0.1, 0.15) is 13.2 Å². The van der Waals surface area contributed by atoms with Gasteiger partial charge >= 0.3 is 17.9 Å². The SMILES string of the molecule is CC/C=C\C/C=C\C/C=C\CCCC(=O)OCC(COC(=O)CCCCCCC\C=C/C=C\C=C/C=C\C=C/CCC)OC(=O)CCCCCCC/C=C\CCCCCCCCC. The van der Waals surface area contributed by atoms with E-state index in [4.69, 9.17) is 14.2 Å². The predicted octanol–water partition coefficient (Wildman–Crippen LogP) is 16.8. The van der Waals surface area contributed by atoms with E-state index in [0.29, 0.717) is 19.3 Å². The summed E-state index contributed by atoms with van der Waals surface area (Å²) in [5, 5.41) is 0. The lowest BCUT2D eigenvalue weighted by Gasteiger charge is -2.18. The highest BCUT2D eigenvalue weighted by Gasteiger charge is 2.19. The second-order valence-electron chi connectivity index (χ2n) is 16.5. The standard InChI is InChI=1S/C57H92O6/c1-4-7-10-13-16-19-22-24-26-28-29-31-32-35-38-41-44-47-50-56(59)62-53-54(52-61-55(58)49-46-43-40-37-34-21-18-15-12-9-6-3)63-57(60)51-48-45-42-39-36-33-30-27-25-23-20-17-14-11-8-5-2/h9-10,12-13,16,18-19,21-22,24,26-31,37,40,54H,4-8,11,14-15,17,20,23,25,32-36,38-39,41-53H2,1-3H3/b12-9-,13-10-,19-16-,21-18-,24-22-,28-26-,30-27-,31-29-,40-37-. The topological polar surface area (TPSA) is 78.9 Å². The first-order chi connectivity index (χ1) is 31.0. The van der Waals surface area contributed by atoms with Crippen LogP contribution in [0.5, 0.6) is 0 Å². The van der Waals surface area contributed by atoms with Gasteiger partial charge in [-0.3, -0.25) is 14.4 Å². The molecule has 63 heavy (non-hydrogen) atoms. The summed E-state index contributed by atoms with van der Waals surface area (Å²) in [7, 11) is 0. The Morgan fingerprint density at radius 1 is 0.349 bits per heavy atom. The summed E-state index contributed by atoms with van der Waals surface area (Å²) in [5.41, 5.74) is 0. The average Bonchev–Trinajstić information content (AvgIpc) is 3.28. The van der Waals surface area contributed by atoms with Gasteiger partial charge in [0, 0.05) is 19.3 Å². The quantitative estimate of drug-likeness (QED) is 0.0199. The fourth-order valence-corrected chi connectivity index (χ4v) is 6.55. The molecule has 0 bridgehead atoms. The van der Waals surface area contributed by atoms with Crippen LogP contribution in [0, 0.1) is 0 Å². The number of carbonyl (C=O) groups is 3. The third kappa shape index (κ3) is 49.0. The van der Waals surface area contributed by atoms with E-state index in [1.807, 2.05) is 36.5 Å². The number of rotatable bonds is 44. The van der Waals surface area contributed by atoms with Crippen molar-refractivity contribution in [2.75, 3.05) is 13.2 Å². The van der Waals surface area contributed by atoms with E-state index in [1.54, 1.807) is 0 Å². The van der Waals surface area contributed by atoms with Gasteiger partial charge in [-0.15, -0.1) is 0 Å². The van der Waals surface area contributed by atoms with Crippen molar-refractivity contribution in [3.8, 4) is 0 Å². The van der Waals surface area contributed by atoms with Gasteiger partial charge in [-0.05, 0) is 89.9 Å². The molecule has 0 saturated carbocycles. The van der Waals surface area contributed by atoms with Crippen LogP contribution < -0.4 is 0 Å². The summed E-state index contributed by atoms with van der Waals surface area (Å²) in [5.74, 6) is -1.01. The molecule has 356 valence electrons. The third-order valence-electron chi connectivity index (χ3n) is 10.3. The first-order valence-corrected chi connectivity index (χ1v) is 25.5. The smallest absolute Gasteiger partial charge is 0.306 e. The molecule has 6 nitrogen and oxygen atoms in total. The summed E-state index contributed by atoms with van der Waals surface area (Å²) in [4.78, 5) is 37.9. The predicted molar refractivity (Wildman–Crippen MR) is 270 cm³/mol. The van der Waals surface area contributed by atoms with Crippen LogP contribution in [0.4, 0.5) is 0 Å². The Hall–Kier alpha value is -3.93. The number of carbonyl (C=O) groups excluding carboxylic acids is 3. The van der Waals surface area contributed by atoms with Crippen molar-refractivity contribution in [3.63, 3.8) is 0 Å². The van der Waals surface area contributed by atoms with Gasteiger partial charge in [-0.25, -0.2) is 0 Å². The normalized spacial score (nSPS) is 13.0. The van der Waals surface area contributed by atoms with Crippen LogP contribution in [0.25, 0.3) is 0 Å². The van der Waals surface area contributed by atoms with Crippen LogP contribution in [0.2, 0.25) is 0 Å². The minimum atomic E-state index is -0.814. The summed E-state index contributed by atoms with van der Waals surface area (Å²) >= 11 is 0. The van der Waals surface area contributed by atoms with Crippen molar-refractivity contribution in [2.45, 2.75) is 219 Å². The Labute approximate surface area is 387 Å². The van der Waals surface area contributed by atoms with Gasteiger partial charge in [-0.1, -0.05) is 214 Å². The molecule has 0 saturated heterocycles. The van der Waals surface area contributed by atoms with Gasteiger partial charge in [-0.2, -0.15) is 0 Å². The Morgan fingerprint density at radius 3 is 1.25 bits per heavy atom. The molecule has 6 heteroatoms. The molecule has 0 radical (unpaired) electrons. The van der Waals surface area contributed by atoms with Crippen LogP contribution in [-0.2, 0) is 28.6 Å². The number of hydrogen-bond acceptors (Lipinski definition) is 6. The van der Waals surface area contributed by atoms with Crippen LogP contribution in [0.15, 0.2) is 109 Å². The van der Waals surface area contributed by atoms with Crippen molar-refractivity contribution in [1.82, 2.24) is 0 Å². The highest BCUT2D eigenvalue weighted by molar-refractivity contribution is 5.71. The maximum Gasteiger partial charge on any atom is 0.306 e. The molecule has 1 atom stereocenters. The van der Waals surface area contributed by atoms with Crippen LogP contribution in [-0.4, -0.2) is 37.2 Å². The molecule has 0 aliphatic rings. The van der Waals surface area contributed by atoms with Crippen molar-refractivity contribution < 1.29 is 28.6 Å². The maximum absolute atomic E-state index is 12.8. The number of ether oxygens (including phenoxy) is 3. The number of hydrogen-bond donors (Lipinski definition) is 0. The van der Waals surface area contributed by atoms with E-state index in [2.05, 4.69) is 93.7 Å². The Balaban J connectivity index is 4.50. The van der Waals surface area contributed by atoms with Crippen molar-refractivity contribution in [3.05, 3.63) is 109 Å². The van der Waals surface area contributed by atoms with E-state index in [1.165, 1.54) is 64.2 Å². The fraction of sp³-hybridized carbons (Fsp3) is 0.632. The molecule has 0 N–H and O–H groups in total. The molecule has 0 fully saturated rings. The van der Waals surface area contributed by atoms with E-state index in [0.717, 1.165) is 103 Å². The molecule has 0 amide bonds. The Morgan fingerprint density at radius 2 is 0.730 bits per heavy atom. The van der Waals surface area contributed by atoms with E-state index >= 15 is 0 Å². The van der Waals surface area contributed by atoms with Gasteiger partial charge in [0.05, 0.1) is 0 Å². The Bertz CT molecular complexity index is 1330. The molecule has 0 aliphatic heterocycles. The molecule has 1 unspecified atom stereocenters. The largest absolute Gasteiger partial charge is 0.462 e. The molecule has 0 aliphatic carbocycles. The van der Waals surface area contributed by atoms with Crippen LogP contribution in [0.3, 0.4) is 0 Å². The minimum absolute atomic E-state index is 0.113. The molecule has 0 aromatic carbocycles. The van der Waals surface area contributed by atoms with Crippen molar-refractivity contribution in [2.24, 2.45) is 0 Å². The fourth-order valence-electron chi connectivity index (χ4n) is 6.55. The van der Waals surface area contributed by atoms with E-state index in [9.17, 15) is 14.4 Å². The van der Waals surface area contributed by atoms with Crippen molar-refractivity contribution in [1.29, 1.82) is 0 Å². The van der Waals surface area contributed by atoms with E-state index < -0.39 is 6.10 Å². The third-order valence-corrected chi connectivity index (χ3v) is 10.3. The summed E-state index contributed by atoms with van der Waals surface area (Å²) < 4.78 is 16.7. The zero-order chi connectivity index (χ0) is 45.8. The second kappa shape index (κ2) is 50.7. The first kappa shape index (κ1) is 59.1. The summed E-state index contributed by atoms with van der Waals surface area (Å²) in [6, 6.07) is 0. The lowest BCUT2D eigenvalue weighted by molar-refractivity contribution is -0.167. The molecule has 0 rings (SSSR count). The highest BCUT2D eigenvalue weighted by atomic mass is 16.6. The molecule has 0 aromatic heterocycles. The van der Waals surface area contributed by atoms with Gasteiger partial charge in [0.15, 0.2) is 6.10 Å². The number of allylic oxidation sites excluding steroid dienone is 18. The molecular weight excluding hydrogens is 781 g/mol. The highest BCUT2D eigenvalue weighted by Crippen LogP contribution is 2.13. The van der Waals surface area contributed by atoms with Gasteiger partial charge < -0.3 is 14.2 Å². The molecule has 0 heterocycles.